The standard InChI is InChI=1S/C16H34O2Si2/c1-13(17-19(9,10)15(3,4)5)14(2)18-20(11,12)16(6,7)8/h1-2H2,3-12H3. The maximum Gasteiger partial charge on any atom is 0.250 e. The molecule has 0 aromatic rings. The van der Waals surface area contributed by atoms with Crippen molar-refractivity contribution in [2.24, 2.45) is 0 Å². The first-order chi connectivity index (χ1) is 8.51. The normalized spacial score (nSPS) is 13.9. The third kappa shape index (κ3) is 4.81. The van der Waals surface area contributed by atoms with E-state index in [4.69, 9.17) is 8.85 Å². The Morgan fingerprint density at radius 3 is 1.00 bits per heavy atom. The smallest absolute Gasteiger partial charge is 0.250 e. The van der Waals surface area contributed by atoms with Crippen LogP contribution in [-0.4, -0.2) is 16.6 Å². The summed E-state index contributed by atoms with van der Waals surface area (Å²) in [4.78, 5) is 0. The van der Waals surface area contributed by atoms with Crippen LogP contribution in [0.4, 0.5) is 0 Å². The molecule has 0 aliphatic heterocycles. The third-order valence-electron chi connectivity index (χ3n) is 4.68. The Balaban J connectivity index is 4.88. The quantitative estimate of drug-likeness (QED) is 0.349. The molecular formula is C16H34O2Si2. The third-order valence-corrected chi connectivity index (χ3v) is 13.4. The number of hydrogen-bond donors (Lipinski definition) is 0. The molecule has 0 bridgehead atoms. The average molecular weight is 315 g/mol. The van der Waals surface area contributed by atoms with Crippen molar-refractivity contribution in [3.63, 3.8) is 0 Å². The molecule has 0 heterocycles. The van der Waals surface area contributed by atoms with Gasteiger partial charge in [0.1, 0.15) is 11.5 Å². The number of hydrogen-bond acceptors (Lipinski definition) is 2. The van der Waals surface area contributed by atoms with Gasteiger partial charge in [0.05, 0.1) is 0 Å². The molecule has 0 saturated heterocycles. The Morgan fingerprint density at radius 2 is 0.850 bits per heavy atom. The SMILES string of the molecule is C=C(O[Si](C)(C)C(C)(C)C)C(=C)O[Si](C)(C)C(C)(C)C. The van der Waals surface area contributed by atoms with Crippen LogP contribution >= 0.6 is 0 Å². The molecule has 0 atom stereocenters. The van der Waals surface area contributed by atoms with Gasteiger partial charge in [0, 0.05) is 0 Å². The highest BCUT2D eigenvalue weighted by molar-refractivity contribution is 6.75. The summed E-state index contributed by atoms with van der Waals surface area (Å²) in [5.41, 5.74) is 0. The Morgan fingerprint density at radius 1 is 0.650 bits per heavy atom. The summed E-state index contributed by atoms with van der Waals surface area (Å²) in [5, 5.41) is 0.292. The lowest BCUT2D eigenvalue weighted by molar-refractivity contribution is 0.317. The van der Waals surface area contributed by atoms with Crippen LogP contribution in [0.5, 0.6) is 0 Å². The maximum atomic E-state index is 6.16. The fourth-order valence-electron chi connectivity index (χ4n) is 1.04. The van der Waals surface area contributed by atoms with E-state index in [0.717, 1.165) is 0 Å². The summed E-state index contributed by atoms with van der Waals surface area (Å²) in [5.74, 6) is 1.20. The molecule has 2 nitrogen and oxygen atoms in total. The van der Waals surface area contributed by atoms with Crippen LogP contribution in [0, 0.1) is 0 Å². The van der Waals surface area contributed by atoms with Crippen LogP contribution in [0.2, 0.25) is 36.3 Å². The zero-order chi connectivity index (χ0) is 16.6. The fraction of sp³-hybridized carbons (Fsp3) is 0.750. The first kappa shape index (κ1) is 19.5. The van der Waals surface area contributed by atoms with Crippen molar-refractivity contribution in [3.8, 4) is 0 Å². The van der Waals surface area contributed by atoms with Crippen LogP contribution in [0.1, 0.15) is 41.5 Å². The van der Waals surface area contributed by atoms with E-state index in [-0.39, 0.29) is 10.1 Å². The van der Waals surface area contributed by atoms with Crippen LogP contribution in [0.3, 0.4) is 0 Å². The van der Waals surface area contributed by atoms with Gasteiger partial charge < -0.3 is 8.85 Å². The Kier molecular flexibility index (Phi) is 5.58. The molecule has 0 fully saturated rings. The van der Waals surface area contributed by atoms with E-state index in [1.807, 2.05) is 0 Å². The van der Waals surface area contributed by atoms with Crippen molar-refractivity contribution in [3.05, 3.63) is 24.7 Å². The minimum Gasteiger partial charge on any atom is -0.541 e. The minimum absolute atomic E-state index is 0.146. The second kappa shape index (κ2) is 5.72. The van der Waals surface area contributed by atoms with Crippen LogP contribution < -0.4 is 0 Å². The molecule has 0 saturated carbocycles. The van der Waals surface area contributed by atoms with Crippen molar-refractivity contribution < 1.29 is 8.85 Å². The lowest BCUT2D eigenvalue weighted by atomic mass is 10.2. The molecule has 4 heteroatoms. The van der Waals surface area contributed by atoms with Gasteiger partial charge in [0.15, 0.2) is 0 Å². The first-order valence-corrected chi connectivity index (χ1v) is 13.1. The summed E-state index contributed by atoms with van der Waals surface area (Å²) in [6.45, 7) is 30.2. The molecule has 0 N–H and O–H groups in total. The summed E-state index contributed by atoms with van der Waals surface area (Å²) >= 11 is 0. The zero-order valence-electron chi connectivity index (χ0n) is 15.2. The lowest BCUT2D eigenvalue weighted by Gasteiger charge is -2.40. The molecule has 0 aliphatic rings. The molecule has 0 rings (SSSR count). The molecule has 20 heavy (non-hydrogen) atoms. The van der Waals surface area contributed by atoms with Crippen molar-refractivity contribution >= 4 is 16.6 Å². The van der Waals surface area contributed by atoms with Gasteiger partial charge in [-0.2, -0.15) is 0 Å². The monoisotopic (exact) mass is 314 g/mol. The number of rotatable bonds is 5. The zero-order valence-corrected chi connectivity index (χ0v) is 17.2. The Bertz CT molecular complexity index is 344. The van der Waals surface area contributed by atoms with Gasteiger partial charge in [-0.3, -0.25) is 0 Å². The van der Waals surface area contributed by atoms with Gasteiger partial charge in [-0.05, 0) is 36.3 Å². The first-order valence-electron chi connectivity index (χ1n) is 7.27. The largest absolute Gasteiger partial charge is 0.541 e. The van der Waals surface area contributed by atoms with Gasteiger partial charge >= 0.3 is 0 Å². The van der Waals surface area contributed by atoms with Crippen molar-refractivity contribution in [2.45, 2.75) is 77.8 Å². The van der Waals surface area contributed by atoms with Crippen LogP contribution in [0.15, 0.2) is 24.7 Å². The second-order valence-electron chi connectivity index (χ2n) is 8.57. The van der Waals surface area contributed by atoms with Crippen LogP contribution in [0.25, 0.3) is 0 Å². The van der Waals surface area contributed by atoms with E-state index in [2.05, 4.69) is 80.9 Å². The molecule has 0 radical (unpaired) electrons. The predicted octanol–water partition coefficient (Wildman–Crippen LogP) is 6.06. The van der Waals surface area contributed by atoms with Gasteiger partial charge in [-0.15, -0.1) is 0 Å². The minimum atomic E-state index is -1.88. The fourth-order valence-corrected chi connectivity index (χ4v) is 3.11. The molecule has 118 valence electrons. The van der Waals surface area contributed by atoms with Gasteiger partial charge in [0.2, 0.25) is 0 Å². The molecular weight excluding hydrogens is 280 g/mol. The van der Waals surface area contributed by atoms with Crippen molar-refractivity contribution in [1.29, 1.82) is 0 Å². The highest BCUT2D eigenvalue weighted by Crippen LogP contribution is 2.41. The van der Waals surface area contributed by atoms with E-state index < -0.39 is 16.6 Å². The molecule has 0 aromatic heterocycles. The average Bonchev–Trinajstić information content (AvgIpc) is 2.12. The Labute approximate surface area is 128 Å². The lowest BCUT2D eigenvalue weighted by Crippen LogP contribution is -2.43. The molecule has 0 aromatic carbocycles. The molecule has 0 unspecified atom stereocenters. The van der Waals surface area contributed by atoms with Gasteiger partial charge in [-0.25, -0.2) is 0 Å². The predicted molar refractivity (Wildman–Crippen MR) is 94.8 cm³/mol. The van der Waals surface area contributed by atoms with E-state index >= 15 is 0 Å². The molecule has 0 amide bonds. The summed E-state index contributed by atoms with van der Waals surface area (Å²) in [6.07, 6.45) is 0. The summed E-state index contributed by atoms with van der Waals surface area (Å²) in [7, 11) is -3.75. The maximum absolute atomic E-state index is 6.16. The topological polar surface area (TPSA) is 18.5 Å². The second-order valence-corrected chi connectivity index (χ2v) is 18.0. The van der Waals surface area contributed by atoms with E-state index in [1.165, 1.54) is 0 Å². The van der Waals surface area contributed by atoms with Gasteiger partial charge in [-0.1, -0.05) is 54.7 Å². The van der Waals surface area contributed by atoms with Gasteiger partial charge in [0.25, 0.3) is 16.6 Å². The van der Waals surface area contributed by atoms with E-state index in [1.54, 1.807) is 0 Å². The van der Waals surface area contributed by atoms with Crippen LogP contribution in [-0.2, 0) is 8.85 Å². The molecule has 0 aliphatic carbocycles. The summed E-state index contributed by atoms with van der Waals surface area (Å²) < 4.78 is 12.3. The van der Waals surface area contributed by atoms with E-state index in [0.29, 0.717) is 11.5 Å². The summed E-state index contributed by atoms with van der Waals surface area (Å²) in [6, 6.07) is 0. The van der Waals surface area contributed by atoms with Crippen molar-refractivity contribution in [2.75, 3.05) is 0 Å². The van der Waals surface area contributed by atoms with E-state index in [9.17, 15) is 0 Å². The molecule has 0 spiro atoms. The Hall–Kier alpha value is -0.486. The highest BCUT2D eigenvalue weighted by Gasteiger charge is 2.42. The highest BCUT2D eigenvalue weighted by atomic mass is 28.4. The van der Waals surface area contributed by atoms with Crippen molar-refractivity contribution in [1.82, 2.24) is 0 Å².